The molecule has 3 nitrogen and oxygen atoms in total. The summed E-state index contributed by atoms with van der Waals surface area (Å²) in [6.07, 6.45) is 5.12. The van der Waals surface area contributed by atoms with Crippen molar-refractivity contribution in [1.29, 1.82) is 0 Å². The Kier molecular flexibility index (Phi) is 5.75. The molecular formula is C12H12ClNO2S. The van der Waals surface area contributed by atoms with E-state index < -0.39 is 5.97 Å². The van der Waals surface area contributed by atoms with Gasteiger partial charge in [0, 0.05) is 18.0 Å². The van der Waals surface area contributed by atoms with Crippen LogP contribution in [0.2, 0.25) is 5.02 Å². The number of nitrogens with one attached hydrogen (secondary N) is 1. The number of carboxylic acids is 1. The number of hydrogen-bond donors (Lipinski definition) is 2. The van der Waals surface area contributed by atoms with E-state index in [0.29, 0.717) is 5.75 Å². The van der Waals surface area contributed by atoms with Crippen molar-refractivity contribution < 1.29 is 9.90 Å². The molecule has 0 radical (unpaired) electrons. The van der Waals surface area contributed by atoms with Crippen molar-refractivity contribution in [2.24, 2.45) is 0 Å². The Bertz CT molecular complexity index is 443. The molecule has 0 aliphatic heterocycles. The van der Waals surface area contributed by atoms with Crippen molar-refractivity contribution in [1.82, 2.24) is 0 Å². The lowest BCUT2D eigenvalue weighted by Gasteiger charge is -2.07. The fourth-order valence-corrected chi connectivity index (χ4v) is 1.97. The van der Waals surface area contributed by atoms with E-state index in [-0.39, 0.29) is 10.6 Å². The molecular weight excluding hydrogens is 258 g/mol. The zero-order chi connectivity index (χ0) is 12.7. The molecule has 1 rings (SSSR count). The Labute approximate surface area is 110 Å². The Hall–Kier alpha value is -1.31. The third-order valence-corrected chi connectivity index (χ3v) is 3.14. The highest BCUT2D eigenvalue weighted by molar-refractivity contribution is 7.99. The van der Waals surface area contributed by atoms with Gasteiger partial charge in [-0.3, -0.25) is 0 Å². The third-order valence-electron chi connectivity index (χ3n) is 1.96. The molecule has 0 aliphatic rings. The third kappa shape index (κ3) is 4.59. The molecule has 0 aliphatic carbocycles. The molecule has 0 saturated heterocycles. The highest BCUT2D eigenvalue weighted by atomic mass is 35.5. The lowest BCUT2D eigenvalue weighted by Crippen LogP contribution is -2.05. The zero-order valence-electron chi connectivity index (χ0n) is 9.07. The maximum atomic E-state index is 10.7. The molecule has 0 spiro atoms. The van der Waals surface area contributed by atoms with Crippen molar-refractivity contribution in [2.45, 2.75) is 0 Å². The Morgan fingerprint density at radius 2 is 2.35 bits per heavy atom. The summed E-state index contributed by atoms with van der Waals surface area (Å²) in [5, 5.41) is 12.2. The van der Waals surface area contributed by atoms with Crippen LogP contribution in [0.15, 0.2) is 18.2 Å². The van der Waals surface area contributed by atoms with Crippen molar-refractivity contribution in [3.63, 3.8) is 0 Å². The van der Waals surface area contributed by atoms with Crippen LogP contribution in [0, 0.1) is 12.3 Å². The molecule has 1 aromatic carbocycles. The largest absolute Gasteiger partial charge is 0.478 e. The van der Waals surface area contributed by atoms with Gasteiger partial charge in [0.25, 0.3) is 0 Å². The summed E-state index contributed by atoms with van der Waals surface area (Å²) in [4.78, 5) is 10.7. The first kappa shape index (κ1) is 13.8. The van der Waals surface area contributed by atoms with Crippen LogP contribution in [0.3, 0.4) is 0 Å². The van der Waals surface area contributed by atoms with Crippen LogP contribution in [0.25, 0.3) is 0 Å². The molecule has 0 bridgehead atoms. The van der Waals surface area contributed by atoms with Crippen molar-refractivity contribution in [2.75, 3.05) is 23.4 Å². The Morgan fingerprint density at radius 3 is 2.94 bits per heavy atom. The van der Waals surface area contributed by atoms with E-state index in [1.165, 1.54) is 6.07 Å². The maximum absolute atomic E-state index is 10.7. The van der Waals surface area contributed by atoms with Gasteiger partial charge in [-0.25, -0.2) is 4.79 Å². The quantitative estimate of drug-likeness (QED) is 0.616. The van der Waals surface area contributed by atoms with Crippen molar-refractivity contribution in [3.8, 4) is 12.3 Å². The summed E-state index contributed by atoms with van der Waals surface area (Å²) >= 11 is 7.49. The molecule has 0 fully saturated rings. The Morgan fingerprint density at radius 1 is 1.59 bits per heavy atom. The summed E-state index contributed by atoms with van der Waals surface area (Å²) < 4.78 is 0. The highest BCUT2D eigenvalue weighted by Crippen LogP contribution is 2.20. The van der Waals surface area contributed by atoms with E-state index >= 15 is 0 Å². The van der Waals surface area contributed by atoms with Gasteiger partial charge in [-0.2, -0.15) is 0 Å². The summed E-state index contributed by atoms with van der Waals surface area (Å²) in [6, 6.07) is 4.79. The van der Waals surface area contributed by atoms with Crippen LogP contribution in [0.4, 0.5) is 5.69 Å². The topological polar surface area (TPSA) is 49.3 Å². The van der Waals surface area contributed by atoms with E-state index in [1.54, 1.807) is 23.9 Å². The second-order valence-corrected chi connectivity index (χ2v) is 4.70. The van der Waals surface area contributed by atoms with E-state index in [9.17, 15) is 4.79 Å². The molecule has 1 aromatic rings. The molecule has 0 atom stereocenters. The van der Waals surface area contributed by atoms with Gasteiger partial charge in [0.2, 0.25) is 0 Å². The van der Waals surface area contributed by atoms with Crippen LogP contribution in [0.5, 0.6) is 0 Å². The molecule has 0 saturated carbocycles. The Balaban J connectivity index is 2.48. The van der Waals surface area contributed by atoms with E-state index in [4.69, 9.17) is 23.1 Å². The number of thioether (sulfide) groups is 1. The number of hydrogen-bond acceptors (Lipinski definition) is 3. The second-order valence-electron chi connectivity index (χ2n) is 3.18. The minimum atomic E-state index is -1.02. The van der Waals surface area contributed by atoms with Gasteiger partial charge in [-0.15, -0.1) is 18.2 Å². The lowest BCUT2D eigenvalue weighted by molar-refractivity contribution is 0.0697. The summed E-state index contributed by atoms with van der Waals surface area (Å²) in [5.41, 5.74) is 0.917. The van der Waals surface area contributed by atoms with E-state index in [2.05, 4.69) is 11.2 Å². The molecule has 17 heavy (non-hydrogen) atoms. The zero-order valence-corrected chi connectivity index (χ0v) is 10.6. The van der Waals surface area contributed by atoms with E-state index in [0.717, 1.165) is 18.0 Å². The van der Waals surface area contributed by atoms with Gasteiger partial charge in [0.1, 0.15) is 0 Å². The average molecular weight is 270 g/mol. The number of carbonyl (C=O) groups is 1. The number of anilines is 1. The number of carboxylic acid groups (broad SMARTS) is 1. The van der Waals surface area contributed by atoms with Crippen LogP contribution in [-0.4, -0.2) is 29.1 Å². The van der Waals surface area contributed by atoms with Gasteiger partial charge in [-0.05, 0) is 18.2 Å². The van der Waals surface area contributed by atoms with E-state index in [1.807, 2.05) is 0 Å². The molecule has 2 N–H and O–H groups in total. The maximum Gasteiger partial charge on any atom is 0.337 e. The monoisotopic (exact) mass is 269 g/mol. The van der Waals surface area contributed by atoms with Gasteiger partial charge in [0.05, 0.1) is 16.3 Å². The fourth-order valence-electron chi connectivity index (χ4n) is 1.20. The smallest absolute Gasteiger partial charge is 0.337 e. The summed E-state index contributed by atoms with van der Waals surface area (Å²) in [6.45, 7) is 0.759. The predicted molar refractivity (Wildman–Crippen MR) is 73.1 cm³/mol. The normalized spacial score (nSPS) is 9.65. The molecule has 0 amide bonds. The highest BCUT2D eigenvalue weighted by Gasteiger charge is 2.08. The van der Waals surface area contributed by atoms with Gasteiger partial charge in [-0.1, -0.05) is 17.5 Å². The second kappa shape index (κ2) is 7.10. The van der Waals surface area contributed by atoms with Gasteiger partial charge >= 0.3 is 5.97 Å². The van der Waals surface area contributed by atoms with Crippen molar-refractivity contribution in [3.05, 3.63) is 28.8 Å². The van der Waals surface area contributed by atoms with Gasteiger partial charge in [0.15, 0.2) is 0 Å². The first-order chi connectivity index (χ1) is 8.15. The fraction of sp³-hybridized carbons (Fsp3) is 0.250. The molecule has 0 heterocycles. The average Bonchev–Trinajstić information content (AvgIpc) is 2.28. The van der Waals surface area contributed by atoms with Crippen LogP contribution in [-0.2, 0) is 0 Å². The summed E-state index contributed by atoms with van der Waals surface area (Å²) in [5.74, 6) is 3.11. The molecule has 5 heteroatoms. The van der Waals surface area contributed by atoms with Gasteiger partial charge < -0.3 is 10.4 Å². The predicted octanol–water partition coefficient (Wildman–Crippen LogP) is 2.82. The van der Waals surface area contributed by atoms with Crippen molar-refractivity contribution >= 4 is 35.0 Å². The summed E-state index contributed by atoms with van der Waals surface area (Å²) in [7, 11) is 0. The number of halogens is 1. The lowest BCUT2D eigenvalue weighted by atomic mass is 10.2. The van der Waals surface area contributed by atoms with Crippen LogP contribution in [0.1, 0.15) is 10.4 Å². The van der Waals surface area contributed by atoms with Crippen LogP contribution < -0.4 is 5.32 Å². The minimum absolute atomic E-state index is 0.110. The number of benzene rings is 1. The molecule has 90 valence electrons. The molecule has 0 unspecified atom stereocenters. The first-order valence-corrected chi connectivity index (χ1v) is 6.46. The van der Waals surface area contributed by atoms with Crippen LogP contribution >= 0.6 is 23.4 Å². The minimum Gasteiger partial charge on any atom is -0.478 e. The molecule has 0 aromatic heterocycles. The standard InChI is InChI=1S/C12H12ClNO2S/c1-2-6-17-7-5-14-9-3-4-10(12(15)16)11(13)8-9/h1,3-4,8,14H,5-7H2,(H,15,16). The number of rotatable bonds is 6. The number of terminal acetylenes is 1. The first-order valence-electron chi connectivity index (χ1n) is 4.93. The SMILES string of the molecule is C#CCSCCNc1ccc(C(=O)O)c(Cl)c1. The number of aromatic carboxylic acids is 1.